The van der Waals surface area contributed by atoms with Crippen molar-refractivity contribution in [2.24, 2.45) is 5.10 Å². The molecule has 1 heterocycles. The molecule has 0 atom stereocenters. The van der Waals surface area contributed by atoms with Crippen molar-refractivity contribution in [1.29, 1.82) is 0 Å². The first-order chi connectivity index (χ1) is 14.2. The van der Waals surface area contributed by atoms with Gasteiger partial charge >= 0.3 is 0 Å². The van der Waals surface area contributed by atoms with Crippen molar-refractivity contribution in [3.05, 3.63) is 95.8 Å². The van der Waals surface area contributed by atoms with Crippen LogP contribution < -0.4 is 10.2 Å². The summed E-state index contributed by atoms with van der Waals surface area (Å²) in [6.45, 7) is 2.05. The van der Waals surface area contributed by atoms with Gasteiger partial charge in [-0.05, 0) is 59.7 Å². The van der Waals surface area contributed by atoms with E-state index in [0.717, 1.165) is 22.2 Å². The second-order valence-electron chi connectivity index (χ2n) is 6.74. The maximum Gasteiger partial charge on any atom is 0.275 e. The molecule has 29 heavy (non-hydrogen) atoms. The molecule has 4 rings (SSSR count). The lowest BCUT2D eigenvalue weighted by atomic mass is 10.1. The first kappa shape index (κ1) is 18.5. The molecule has 5 nitrogen and oxygen atoms in total. The van der Waals surface area contributed by atoms with Crippen LogP contribution in [0.1, 0.15) is 21.6 Å². The van der Waals surface area contributed by atoms with Gasteiger partial charge in [0, 0.05) is 11.9 Å². The monoisotopic (exact) mass is 383 g/mol. The second kappa shape index (κ2) is 8.02. The third-order valence-corrected chi connectivity index (χ3v) is 4.74. The second-order valence-corrected chi connectivity index (χ2v) is 6.74. The van der Waals surface area contributed by atoms with Crippen molar-refractivity contribution >= 4 is 22.9 Å². The van der Waals surface area contributed by atoms with Crippen LogP contribution in [0, 0.1) is 6.92 Å². The highest BCUT2D eigenvalue weighted by Crippen LogP contribution is 2.25. The van der Waals surface area contributed by atoms with E-state index in [2.05, 4.69) is 29.6 Å². The Hall–Kier alpha value is -3.86. The van der Waals surface area contributed by atoms with E-state index in [0.29, 0.717) is 11.3 Å². The molecule has 1 aromatic heterocycles. The van der Waals surface area contributed by atoms with Crippen LogP contribution in [0.3, 0.4) is 0 Å². The summed E-state index contributed by atoms with van der Waals surface area (Å²) in [5, 5.41) is 6.14. The number of carbonyl (C=O) groups is 1. The molecule has 0 spiro atoms. The highest BCUT2D eigenvalue weighted by molar-refractivity contribution is 6.01. The average molecular weight is 383 g/mol. The fraction of sp³-hybridized carbons (Fsp3) is 0.0833. The minimum atomic E-state index is -0.322. The van der Waals surface area contributed by atoms with Gasteiger partial charge in [0.1, 0.15) is 5.75 Å². The fourth-order valence-electron chi connectivity index (χ4n) is 3.30. The number of nitrogens with one attached hydrogen (secondary N) is 1. The number of hydrogen-bond donors (Lipinski definition) is 1. The molecular weight excluding hydrogens is 362 g/mol. The number of nitrogens with zero attached hydrogens (tertiary/aromatic N) is 2. The van der Waals surface area contributed by atoms with Gasteiger partial charge in [0.05, 0.1) is 24.6 Å². The van der Waals surface area contributed by atoms with Gasteiger partial charge in [-0.3, -0.25) is 4.79 Å². The molecular formula is C24H21N3O2. The zero-order valence-electron chi connectivity index (χ0n) is 16.3. The van der Waals surface area contributed by atoms with E-state index in [4.69, 9.17) is 4.74 Å². The number of hydrazone groups is 1. The van der Waals surface area contributed by atoms with Crippen molar-refractivity contribution in [3.8, 4) is 11.4 Å². The van der Waals surface area contributed by atoms with E-state index in [1.807, 2.05) is 71.4 Å². The highest BCUT2D eigenvalue weighted by atomic mass is 16.5. The molecule has 1 N–H and O–H groups in total. The SMILES string of the molecule is COc1cc2ccccc2cc1C(=O)NN=Cc1cccn1-c1cccc(C)c1. The van der Waals surface area contributed by atoms with Crippen LogP contribution in [-0.2, 0) is 0 Å². The van der Waals surface area contributed by atoms with Gasteiger partial charge < -0.3 is 9.30 Å². The summed E-state index contributed by atoms with van der Waals surface area (Å²) in [6.07, 6.45) is 3.60. The van der Waals surface area contributed by atoms with Crippen LogP contribution in [0.4, 0.5) is 0 Å². The van der Waals surface area contributed by atoms with E-state index in [1.54, 1.807) is 13.3 Å². The summed E-state index contributed by atoms with van der Waals surface area (Å²) in [6, 6.07) is 23.6. The maximum absolute atomic E-state index is 12.7. The Bertz CT molecular complexity index is 1210. The summed E-state index contributed by atoms with van der Waals surface area (Å²) in [5.41, 5.74) is 6.13. The molecule has 0 aliphatic heterocycles. The number of benzene rings is 3. The summed E-state index contributed by atoms with van der Waals surface area (Å²) >= 11 is 0. The van der Waals surface area contributed by atoms with Crippen LogP contribution >= 0.6 is 0 Å². The quantitative estimate of drug-likeness (QED) is 0.401. The Balaban J connectivity index is 1.56. The van der Waals surface area contributed by atoms with Gasteiger partial charge in [0.15, 0.2) is 0 Å². The summed E-state index contributed by atoms with van der Waals surface area (Å²) in [7, 11) is 1.55. The summed E-state index contributed by atoms with van der Waals surface area (Å²) < 4.78 is 7.41. The van der Waals surface area contributed by atoms with Crippen LogP contribution in [-0.4, -0.2) is 23.8 Å². The van der Waals surface area contributed by atoms with Gasteiger partial charge in [-0.25, -0.2) is 5.43 Å². The van der Waals surface area contributed by atoms with E-state index in [9.17, 15) is 4.79 Å². The number of fused-ring (bicyclic) bond motifs is 1. The number of amides is 1. The minimum Gasteiger partial charge on any atom is -0.496 e. The molecule has 0 radical (unpaired) electrons. The predicted octanol–water partition coefficient (Wildman–Crippen LogP) is 4.71. The number of carbonyl (C=O) groups excluding carboxylic acids is 1. The van der Waals surface area contributed by atoms with Crippen LogP contribution in [0.2, 0.25) is 0 Å². The largest absolute Gasteiger partial charge is 0.496 e. The number of aryl methyl sites for hydroxylation is 1. The fourth-order valence-corrected chi connectivity index (χ4v) is 3.30. The molecule has 0 saturated carbocycles. The lowest BCUT2D eigenvalue weighted by Gasteiger charge is -2.09. The zero-order chi connectivity index (χ0) is 20.2. The number of ether oxygens (including phenoxy) is 1. The Kier molecular flexibility index (Phi) is 5.12. The van der Waals surface area contributed by atoms with Crippen LogP contribution in [0.25, 0.3) is 16.5 Å². The molecule has 0 aliphatic carbocycles. The average Bonchev–Trinajstić information content (AvgIpc) is 3.21. The smallest absolute Gasteiger partial charge is 0.275 e. The highest BCUT2D eigenvalue weighted by Gasteiger charge is 2.13. The number of methoxy groups -OCH3 is 1. The van der Waals surface area contributed by atoms with Crippen molar-refractivity contribution < 1.29 is 9.53 Å². The first-order valence-electron chi connectivity index (χ1n) is 9.30. The van der Waals surface area contributed by atoms with E-state index in [1.165, 1.54) is 5.56 Å². The normalized spacial score (nSPS) is 11.1. The third kappa shape index (κ3) is 3.89. The number of hydrogen-bond acceptors (Lipinski definition) is 3. The maximum atomic E-state index is 12.7. The molecule has 0 fully saturated rings. The number of aromatic nitrogens is 1. The molecule has 0 unspecified atom stereocenters. The standard InChI is InChI=1S/C24H21N3O2/c1-17-7-5-10-20(13-17)27-12-6-11-21(27)16-25-26-24(28)22-14-18-8-3-4-9-19(18)15-23(22)29-2/h3-16H,1-2H3,(H,26,28). The molecule has 5 heteroatoms. The van der Waals surface area contributed by atoms with Crippen molar-refractivity contribution in [2.75, 3.05) is 7.11 Å². The topological polar surface area (TPSA) is 55.6 Å². The summed E-state index contributed by atoms with van der Waals surface area (Å²) in [4.78, 5) is 12.7. The van der Waals surface area contributed by atoms with Gasteiger partial charge in [0.25, 0.3) is 5.91 Å². The van der Waals surface area contributed by atoms with E-state index >= 15 is 0 Å². The zero-order valence-corrected chi connectivity index (χ0v) is 16.3. The van der Waals surface area contributed by atoms with Crippen molar-refractivity contribution in [2.45, 2.75) is 6.92 Å². The van der Waals surface area contributed by atoms with Crippen molar-refractivity contribution in [3.63, 3.8) is 0 Å². The Morgan fingerprint density at radius 1 is 1.00 bits per heavy atom. The minimum absolute atomic E-state index is 0.322. The van der Waals surface area contributed by atoms with Gasteiger partial charge in [-0.2, -0.15) is 5.10 Å². The summed E-state index contributed by atoms with van der Waals surface area (Å²) in [5.74, 6) is 0.192. The van der Waals surface area contributed by atoms with E-state index < -0.39 is 0 Å². The lowest BCUT2D eigenvalue weighted by molar-refractivity contribution is 0.0952. The third-order valence-electron chi connectivity index (χ3n) is 4.74. The van der Waals surface area contributed by atoms with E-state index in [-0.39, 0.29) is 5.91 Å². The van der Waals surface area contributed by atoms with Crippen LogP contribution in [0.15, 0.2) is 84.1 Å². The van der Waals surface area contributed by atoms with Gasteiger partial charge in [-0.15, -0.1) is 0 Å². The van der Waals surface area contributed by atoms with Gasteiger partial charge in [0.2, 0.25) is 0 Å². The number of rotatable bonds is 5. The molecule has 0 saturated heterocycles. The molecule has 1 amide bonds. The molecule has 4 aromatic rings. The first-order valence-corrected chi connectivity index (χ1v) is 9.30. The molecule has 144 valence electrons. The Morgan fingerprint density at radius 2 is 1.79 bits per heavy atom. The molecule has 3 aromatic carbocycles. The predicted molar refractivity (Wildman–Crippen MR) is 116 cm³/mol. The van der Waals surface area contributed by atoms with Gasteiger partial charge in [-0.1, -0.05) is 36.4 Å². The lowest BCUT2D eigenvalue weighted by Crippen LogP contribution is -2.18. The Labute approximate surface area is 169 Å². The Morgan fingerprint density at radius 3 is 2.55 bits per heavy atom. The molecule has 0 bridgehead atoms. The van der Waals surface area contributed by atoms with Crippen molar-refractivity contribution in [1.82, 2.24) is 9.99 Å². The molecule has 0 aliphatic rings. The van der Waals surface area contributed by atoms with Crippen LogP contribution in [0.5, 0.6) is 5.75 Å².